The molecule has 0 N–H and O–H groups in total. The second kappa shape index (κ2) is 4.75. The van der Waals surface area contributed by atoms with Crippen LogP contribution in [0.5, 0.6) is 5.75 Å². The van der Waals surface area contributed by atoms with Crippen LogP contribution in [0.15, 0.2) is 22.9 Å². The summed E-state index contributed by atoms with van der Waals surface area (Å²) in [7, 11) is 0. The topological polar surface area (TPSA) is 31.4 Å². The molecule has 76 valence electrons. The van der Waals surface area contributed by atoms with Crippen molar-refractivity contribution in [1.29, 1.82) is 0 Å². The Bertz CT molecular complexity index is 300. The van der Waals surface area contributed by atoms with E-state index in [2.05, 4.69) is 20.9 Å². The molecule has 1 aliphatic rings. The van der Waals surface area contributed by atoms with Crippen molar-refractivity contribution in [1.82, 2.24) is 4.98 Å². The minimum Gasteiger partial charge on any atom is -0.489 e. The van der Waals surface area contributed by atoms with Gasteiger partial charge in [-0.25, -0.2) is 0 Å². The number of aromatic nitrogens is 1. The molecule has 2 heterocycles. The highest BCUT2D eigenvalue weighted by atomic mass is 79.9. The van der Waals surface area contributed by atoms with Crippen LogP contribution in [0.25, 0.3) is 0 Å². The van der Waals surface area contributed by atoms with Gasteiger partial charge in [0.1, 0.15) is 12.4 Å². The predicted molar refractivity (Wildman–Crippen MR) is 56.4 cm³/mol. The summed E-state index contributed by atoms with van der Waals surface area (Å²) in [5.74, 6) is 0.787. The van der Waals surface area contributed by atoms with Gasteiger partial charge in [-0.1, -0.05) is 0 Å². The maximum atomic E-state index is 5.55. The van der Waals surface area contributed by atoms with Crippen LogP contribution in [-0.4, -0.2) is 24.3 Å². The Balaban J connectivity index is 1.85. The van der Waals surface area contributed by atoms with Crippen LogP contribution in [0.3, 0.4) is 0 Å². The fourth-order valence-electron chi connectivity index (χ4n) is 1.44. The Labute approximate surface area is 91.6 Å². The lowest BCUT2D eigenvalue weighted by Gasteiger charge is -2.10. The van der Waals surface area contributed by atoms with E-state index in [-0.39, 0.29) is 6.10 Å². The molecule has 1 fully saturated rings. The van der Waals surface area contributed by atoms with Crippen molar-refractivity contribution < 1.29 is 9.47 Å². The molecule has 0 bridgehead atoms. The van der Waals surface area contributed by atoms with Gasteiger partial charge in [-0.15, -0.1) is 0 Å². The van der Waals surface area contributed by atoms with Crippen LogP contribution in [0, 0.1) is 0 Å². The van der Waals surface area contributed by atoms with Crippen LogP contribution in [0.1, 0.15) is 12.8 Å². The van der Waals surface area contributed by atoms with E-state index in [9.17, 15) is 0 Å². The molecule has 0 radical (unpaired) electrons. The molecule has 0 spiro atoms. The summed E-state index contributed by atoms with van der Waals surface area (Å²) in [6.07, 6.45) is 5.94. The first-order valence-corrected chi connectivity index (χ1v) is 5.49. The quantitative estimate of drug-likeness (QED) is 0.834. The van der Waals surface area contributed by atoms with Gasteiger partial charge in [-0.3, -0.25) is 4.98 Å². The molecule has 1 atom stereocenters. The third kappa shape index (κ3) is 2.69. The number of nitrogens with zero attached hydrogens (tertiary/aromatic N) is 1. The Kier molecular flexibility index (Phi) is 3.37. The third-order valence-corrected chi connectivity index (χ3v) is 2.57. The van der Waals surface area contributed by atoms with Crippen molar-refractivity contribution in [2.24, 2.45) is 0 Å². The van der Waals surface area contributed by atoms with Crippen molar-refractivity contribution in [3.05, 3.63) is 22.9 Å². The van der Waals surface area contributed by atoms with Crippen LogP contribution < -0.4 is 4.74 Å². The molecule has 1 aromatic heterocycles. The summed E-state index contributed by atoms with van der Waals surface area (Å²) in [5.41, 5.74) is 0. The maximum absolute atomic E-state index is 5.55. The van der Waals surface area contributed by atoms with Gasteiger partial charge in [-0.2, -0.15) is 0 Å². The molecule has 0 amide bonds. The van der Waals surface area contributed by atoms with E-state index >= 15 is 0 Å². The lowest BCUT2D eigenvalue weighted by Crippen LogP contribution is -2.16. The average Bonchev–Trinajstić information content (AvgIpc) is 2.67. The van der Waals surface area contributed by atoms with Crippen molar-refractivity contribution in [3.8, 4) is 5.75 Å². The SMILES string of the molecule is Brc1cncc(OCC2CCCO2)c1. The Morgan fingerprint density at radius 2 is 2.50 bits per heavy atom. The zero-order valence-electron chi connectivity index (χ0n) is 7.78. The molecule has 0 aliphatic carbocycles. The summed E-state index contributed by atoms with van der Waals surface area (Å²) >= 11 is 3.34. The third-order valence-electron chi connectivity index (χ3n) is 2.14. The lowest BCUT2D eigenvalue weighted by molar-refractivity contribution is 0.0678. The second-order valence-corrected chi connectivity index (χ2v) is 4.20. The van der Waals surface area contributed by atoms with E-state index in [0.29, 0.717) is 6.61 Å². The molecule has 1 saturated heterocycles. The van der Waals surface area contributed by atoms with Crippen molar-refractivity contribution in [2.45, 2.75) is 18.9 Å². The van der Waals surface area contributed by atoms with Crippen LogP contribution in [-0.2, 0) is 4.74 Å². The van der Waals surface area contributed by atoms with Gasteiger partial charge in [0, 0.05) is 17.3 Å². The van der Waals surface area contributed by atoms with Crippen molar-refractivity contribution in [2.75, 3.05) is 13.2 Å². The van der Waals surface area contributed by atoms with E-state index in [1.54, 1.807) is 12.4 Å². The first kappa shape index (κ1) is 9.93. The molecular weight excluding hydrogens is 246 g/mol. The molecule has 4 heteroatoms. The highest BCUT2D eigenvalue weighted by Gasteiger charge is 2.15. The summed E-state index contributed by atoms with van der Waals surface area (Å²) in [5, 5.41) is 0. The molecule has 0 saturated carbocycles. The number of halogens is 1. The monoisotopic (exact) mass is 257 g/mol. The molecule has 1 aromatic rings. The highest BCUT2D eigenvalue weighted by molar-refractivity contribution is 9.10. The van der Waals surface area contributed by atoms with E-state index in [1.165, 1.54) is 0 Å². The number of hydrogen-bond acceptors (Lipinski definition) is 3. The molecule has 1 aliphatic heterocycles. The zero-order chi connectivity index (χ0) is 9.80. The smallest absolute Gasteiger partial charge is 0.138 e. The number of pyridine rings is 1. The predicted octanol–water partition coefficient (Wildman–Crippen LogP) is 2.40. The van der Waals surface area contributed by atoms with Gasteiger partial charge in [-0.05, 0) is 34.8 Å². The standard InChI is InChI=1S/C10H12BrNO2/c11-8-4-10(6-12-5-8)14-7-9-2-1-3-13-9/h4-6,9H,1-3,7H2. The number of ether oxygens (including phenoxy) is 2. The first-order chi connectivity index (χ1) is 6.84. The van der Waals surface area contributed by atoms with Gasteiger partial charge in [0.2, 0.25) is 0 Å². The summed E-state index contributed by atoms with van der Waals surface area (Å²) in [6.45, 7) is 1.49. The minimum atomic E-state index is 0.258. The molecular formula is C10H12BrNO2. The largest absolute Gasteiger partial charge is 0.489 e. The molecule has 2 rings (SSSR count). The highest BCUT2D eigenvalue weighted by Crippen LogP contribution is 2.18. The van der Waals surface area contributed by atoms with Crippen molar-refractivity contribution in [3.63, 3.8) is 0 Å². The molecule has 1 unspecified atom stereocenters. The molecule has 0 aromatic carbocycles. The Hall–Kier alpha value is -0.610. The number of hydrogen-bond donors (Lipinski definition) is 0. The van der Waals surface area contributed by atoms with Gasteiger partial charge < -0.3 is 9.47 Å². The van der Waals surface area contributed by atoms with Gasteiger partial charge in [0.25, 0.3) is 0 Å². The number of rotatable bonds is 3. The fourth-order valence-corrected chi connectivity index (χ4v) is 1.78. The summed E-state index contributed by atoms with van der Waals surface area (Å²) in [6, 6.07) is 1.90. The van der Waals surface area contributed by atoms with Crippen LogP contribution in [0.2, 0.25) is 0 Å². The maximum Gasteiger partial charge on any atom is 0.138 e. The zero-order valence-corrected chi connectivity index (χ0v) is 9.37. The Morgan fingerprint density at radius 3 is 3.21 bits per heavy atom. The van der Waals surface area contributed by atoms with Gasteiger partial charge in [0.05, 0.1) is 12.3 Å². The molecule has 3 nitrogen and oxygen atoms in total. The van der Waals surface area contributed by atoms with Crippen molar-refractivity contribution >= 4 is 15.9 Å². The normalized spacial score (nSPS) is 21.1. The minimum absolute atomic E-state index is 0.258. The second-order valence-electron chi connectivity index (χ2n) is 3.28. The van der Waals surface area contributed by atoms with E-state index in [4.69, 9.17) is 9.47 Å². The summed E-state index contributed by atoms with van der Waals surface area (Å²) in [4.78, 5) is 4.02. The Morgan fingerprint density at radius 1 is 1.57 bits per heavy atom. The summed E-state index contributed by atoms with van der Waals surface area (Å²) < 4.78 is 11.9. The van der Waals surface area contributed by atoms with E-state index in [1.807, 2.05) is 6.07 Å². The van der Waals surface area contributed by atoms with Crippen LogP contribution >= 0.6 is 15.9 Å². The van der Waals surface area contributed by atoms with E-state index < -0.39 is 0 Å². The average molecular weight is 258 g/mol. The first-order valence-electron chi connectivity index (χ1n) is 4.69. The molecule has 14 heavy (non-hydrogen) atoms. The lowest BCUT2D eigenvalue weighted by atomic mass is 10.2. The van der Waals surface area contributed by atoms with Gasteiger partial charge in [0.15, 0.2) is 0 Å². The van der Waals surface area contributed by atoms with Gasteiger partial charge >= 0.3 is 0 Å². The van der Waals surface area contributed by atoms with Crippen LogP contribution in [0.4, 0.5) is 0 Å². The van der Waals surface area contributed by atoms with E-state index in [0.717, 1.165) is 29.7 Å². The fraction of sp³-hybridized carbons (Fsp3) is 0.500.